The highest BCUT2D eigenvalue weighted by molar-refractivity contribution is 9.10. The van der Waals surface area contributed by atoms with Gasteiger partial charge in [-0.15, -0.1) is 0 Å². The lowest BCUT2D eigenvalue weighted by Crippen LogP contribution is -2.14. The molecular formula is C20H18BrF2N2O5PS2. The molecule has 0 atom stereocenters. The molecule has 176 valence electrons. The number of rotatable bonds is 8. The van der Waals surface area contributed by atoms with Crippen LogP contribution in [0.2, 0.25) is 0 Å². The van der Waals surface area contributed by atoms with Gasteiger partial charge in [0, 0.05) is 33.3 Å². The molecule has 13 heteroatoms. The number of thioether (sulfide) groups is 1. The lowest BCUT2D eigenvalue weighted by atomic mass is 10.1. The molecule has 33 heavy (non-hydrogen) atoms. The van der Waals surface area contributed by atoms with Gasteiger partial charge in [0.2, 0.25) is 10.0 Å². The van der Waals surface area contributed by atoms with Crippen molar-refractivity contribution in [1.29, 1.82) is 0 Å². The van der Waals surface area contributed by atoms with Crippen LogP contribution in [0.25, 0.3) is 11.3 Å². The monoisotopic (exact) mass is 578 g/mol. The van der Waals surface area contributed by atoms with Crippen molar-refractivity contribution >= 4 is 45.3 Å². The van der Waals surface area contributed by atoms with Gasteiger partial charge < -0.3 is 9.79 Å². The van der Waals surface area contributed by atoms with Crippen molar-refractivity contribution in [2.24, 2.45) is 5.14 Å². The van der Waals surface area contributed by atoms with Crippen LogP contribution in [0.4, 0.5) is 8.78 Å². The van der Waals surface area contributed by atoms with E-state index in [2.05, 4.69) is 20.9 Å². The zero-order valence-electron chi connectivity index (χ0n) is 16.7. The Morgan fingerprint density at radius 3 is 2.30 bits per heavy atom. The zero-order valence-corrected chi connectivity index (χ0v) is 20.8. The zero-order chi connectivity index (χ0) is 24.4. The first-order chi connectivity index (χ1) is 15.3. The fraction of sp³-hybridized carbons (Fsp3) is 0.150. The highest BCUT2D eigenvalue weighted by Crippen LogP contribution is 2.60. The number of halogens is 3. The van der Waals surface area contributed by atoms with Crippen LogP contribution in [-0.4, -0.2) is 23.2 Å². The predicted octanol–water partition coefficient (Wildman–Crippen LogP) is 4.82. The summed E-state index contributed by atoms with van der Waals surface area (Å²) in [6, 6.07) is 13.6. The molecule has 1 aromatic heterocycles. The highest BCUT2D eigenvalue weighted by Gasteiger charge is 2.51. The SMILES string of the molecule is NS(=O)(=O)c1cccc(-c2ccc(CSCc3ccc(C(F)(F)P(=O)(O)O)c(Br)c3)cn2)c1. The van der Waals surface area contributed by atoms with E-state index < -0.39 is 28.8 Å². The summed E-state index contributed by atoms with van der Waals surface area (Å²) in [7, 11) is -9.46. The fourth-order valence-corrected chi connectivity index (χ4v) is 5.67. The van der Waals surface area contributed by atoms with Crippen molar-refractivity contribution in [3.8, 4) is 11.3 Å². The van der Waals surface area contributed by atoms with Crippen molar-refractivity contribution in [3.05, 3.63) is 82.0 Å². The molecular weight excluding hydrogens is 561 g/mol. The highest BCUT2D eigenvalue weighted by atomic mass is 79.9. The molecule has 0 unspecified atom stereocenters. The Balaban J connectivity index is 1.64. The Bertz CT molecular complexity index is 1320. The maximum Gasteiger partial charge on any atom is 0.399 e. The van der Waals surface area contributed by atoms with Crippen molar-refractivity contribution < 1.29 is 31.6 Å². The summed E-state index contributed by atoms with van der Waals surface area (Å²) in [5.74, 6) is 1.04. The smallest absolute Gasteiger partial charge is 0.320 e. The van der Waals surface area contributed by atoms with E-state index in [1.807, 2.05) is 6.07 Å². The van der Waals surface area contributed by atoms with E-state index in [1.54, 1.807) is 24.4 Å². The molecule has 7 nitrogen and oxygen atoms in total. The molecule has 0 bridgehead atoms. The number of nitrogens with zero attached hydrogens (tertiary/aromatic N) is 1. The molecule has 0 saturated carbocycles. The summed E-state index contributed by atoms with van der Waals surface area (Å²) < 4.78 is 61.9. The standard InChI is InChI=1S/C20H18BrF2N2O5PS2/c21-18-8-13(4-6-17(18)20(22,23)31(26,27)28)11-32-12-14-5-7-19(25-10-14)15-2-1-3-16(9-15)33(24,29)30/h1-10H,11-12H2,(H2,24,29,30)(H2,26,27,28). The predicted molar refractivity (Wildman–Crippen MR) is 126 cm³/mol. The normalized spacial score (nSPS) is 12.7. The lowest BCUT2D eigenvalue weighted by Gasteiger charge is -2.19. The number of alkyl halides is 2. The second kappa shape index (κ2) is 9.91. The topological polar surface area (TPSA) is 131 Å². The number of sulfonamides is 1. The number of benzene rings is 2. The Morgan fingerprint density at radius 2 is 1.73 bits per heavy atom. The number of nitrogens with two attached hydrogens (primary N) is 1. The number of primary sulfonamides is 1. The average molecular weight is 579 g/mol. The minimum Gasteiger partial charge on any atom is -0.320 e. The summed E-state index contributed by atoms with van der Waals surface area (Å²) in [6.45, 7) is 0. The third-order valence-corrected chi connectivity index (χ3v) is 8.16. The Morgan fingerprint density at radius 1 is 1.06 bits per heavy atom. The Hall–Kier alpha value is -1.66. The van der Waals surface area contributed by atoms with Gasteiger partial charge in [-0.25, -0.2) is 13.6 Å². The molecule has 0 radical (unpaired) electrons. The van der Waals surface area contributed by atoms with Crippen molar-refractivity contribution in [3.63, 3.8) is 0 Å². The maximum atomic E-state index is 13.9. The molecule has 0 aliphatic carbocycles. The molecule has 3 aromatic rings. The van der Waals surface area contributed by atoms with Gasteiger partial charge >= 0.3 is 13.3 Å². The van der Waals surface area contributed by atoms with E-state index >= 15 is 0 Å². The largest absolute Gasteiger partial charge is 0.399 e. The third kappa shape index (κ3) is 6.27. The van der Waals surface area contributed by atoms with Crippen LogP contribution in [0.3, 0.4) is 0 Å². The molecule has 0 spiro atoms. The minimum absolute atomic E-state index is 0.00262. The van der Waals surface area contributed by atoms with Crippen molar-refractivity contribution in [1.82, 2.24) is 4.98 Å². The number of hydrogen-bond donors (Lipinski definition) is 3. The van der Waals surface area contributed by atoms with Crippen LogP contribution in [0.15, 0.2) is 70.2 Å². The van der Waals surface area contributed by atoms with Gasteiger partial charge in [0.1, 0.15) is 0 Å². The Kier molecular flexibility index (Phi) is 7.79. The first kappa shape index (κ1) is 26.0. The molecule has 0 saturated heterocycles. The summed E-state index contributed by atoms with van der Waals surface area (Å²) in [5, 5.41) is 5.16. The minimum atomic E-state index is -5.64. The van der Waals surface area contributed by atoms with Gasteiger partial charge in [-0.3, -0.25) is 9.55 Å². The average Bonchev–Trinajstić information content (AvgIpc) is 2.73. The van der Waals surface area contributed by atoms with Crippen LogP contribution >= 0.6 is 35.3 Å². The quantitative estimate of drug-likeness (QED) is 0.326. The van der Waals surface area contributed by atoms with Gasteiger partial charge in [0.05, 0.1) is 10.6 Å². The molecule has 4 N–H and O–H groups in total. The van der Waals surface area contributed by atoms with Crippen molar-refractivity contribution in [2.45, 2.75) is 22.1 Å². The van der Waals surface area contributed by atoms with Crippen LogP contribution in [0.5, 0.6) is 0 Å². The fourth-order valence-electron chi connectivity index (χ4n) is 2.85. The third-order valence-electron chi connectivity index (χ3n) is 4.54. The Labute approximate surface area is 201 Å². The second-order valence-electron chi connectivity index (χ2n) is 7.02. The van der Waals surface area contributed by atoms with E-state index in [0.29, 0.717) is 28.3 Å². The second-order valence-corrected chi connectivity index (χ2v) is 12.1. The van der Waals surface area contributed by atoms with Gasteiger partial charge in [-0.1, -0.05) is 46.3 Å². The van der Waals surface area contributed by atoms with E-state index in [-0.39, 0.29) is 9.37 Å². The first-order valence-electron chi connectivity index (χ1n) is 9.17. The summed E-state index contributed by atoms with van der Waals surface area (Å²) in [6.07, 6.45) is 1.66. The van der Waals surface area contributed by atoms with Gasteiger partial charge in [0.25, 0.3) is 0 Å². The molecule has 2 aromatic carbocycles. The van der Waals surface area contributed by atoms with Crippen LogP contribution in [0, 0.1) is 0 Å². The van der Waals surface area contributed by atoms with E-state index in [4.69, 9.17) is 14.9 Å². The van der Waals surface area contributed by atoms with E-state index in [0.717, 1.165) is 11.6 Å². The summed E-state index contributed by atoms with van der Waals surface area (Å²) in [5.41, 5.74) is -2.26. The number of pyridine rings is 1. The molecule has 0 aliphatic heterocycles. The van der Waals surface area contributed by atoms with Crippen LogP contribution in [0.1, 0.15) is 16.7 Å². The van der Waals surface area contributed by atoms with Crippen LogP contribution < -0.4 is 5.14 Å². The van der Waals surface area contributed by atoms with Gasteiger partial charge in [-0.2, -0.15) is 20.5 Å². The van der Waals surface area contributed by atoms with E-state index in [1.165, 1.54) is 36.0 Å². The lowest BCUT2D eigenvalue weighted by molar-refractivity contribution is 0.0557. The first-order valence-corrected chi connectivity index (χ1v) is 14.3. The maximum absolute atomic E-state index is 13.9. The van der Waals surface area contributed by atoms with Gasteiger partial charge in [0.15, 0.2) is 0 Å². The van der Waals surface area contributed by atoms with E-state index in [9.17, 15) is 21.8 Å². The summed E-state index contributed by atoms with van der Waals surface area (Å²) in [4.78, 5) is 22.2. The van der Waals surface area contributed by atoms with Gasteiger partial charge in [-0.05, 0) is 35.4 Å². The summed E-state index contributed by atoms with van der Waals surface area (Å²) >= 11 is 4.47. The van der Waals surface area contributed by atoms with Crippen molar-refractivity contribution in [2.75, 3.05) is 0 Å². The molecule has 3 rings (SSSR count). The van der Waals surface area contributed by atoms with Crippen LogP contribution in [-0.2, 0) is 31.8 Å². The molecule has 0 amide bonds. The molecule has 1 heterocycles. The molecule has 0 fully saturated rings. The molecule has 0 aliphatic rings. The number of hydrogen-bond acceptors (Lipinski definition) is 5. The number of aromatic nitrogens is 1.